The Hall–Kier alpha value is -2.25. The molecule has 0 saturated carbocycles. The van der Waals surface area contributed by atoms with Crippen molar-refractivity contribution in [3.05, 3.63) is 59.1 Å². The summed E-state index contributed by atoms with van der Waals surface area (Å²) >= 11 is 6.11. The number of carbonyl (C=O) groups is 1. The molecular weight excluding hydrogens is 434 g/mol. The van der Waals surface area contributed by atoms with Gasteiger partial charge in [0.1, 0.15) is 0 Å². The summed E-state index contributed by atoms with van der Waals surface area (Å²) in [5.74, 6) is 0.195. The van der Waals surface area contributed by atoms with Crippen LogP contribution in [0.5, 0.6) is 0 Å². The summed E-state index contributed by atoms with van der Waals surface area (Å²) in [5, 5.41) is 0.510. The van der Waals surface area contributed by atoms with Gasteiger partial charge in [-0.2, -0.15) is 0 Å². The lowest BCUT2D eigenvalue weighted by Gasteiger charge is -2.35. The van der Waals surface area contributed by atoms with Crippen LogP contribution in [0.3, 0.4) is 0 Å². The molecule has 1 amide bonds. The summed E-state index contributed by atoms with van der Waals surface area (Å²) in [6, 6.07) is 14.6. The number of anilines is 2. The van der Waals surface area contributed by atoms with Crippen molar-refractivity contribution in [1.29, 1.82) is 0 Å². The van der Waals surface area contributed by atoms with E-state index < -0.39 is 10.0 Å². The second-order valence-electron chi connectivity index (χ2n) is 8.32. The number of rotatable bonds is 7. The summed E-state index contributed by atoms with van der Waals surface area (Å²) in [4.78, 5) is 15.6. The van der Waals surface area contributed by atoms with Crippen LogP contribution in [0, 0.1) is 5.92 Å². The summed E-state index contributed by atoms with van der Waals surface area (Å²) < 4.78 is 28.0. The zero-order chi connectivity index (χ0) is 22.6. The van der Waals surface area contributed by atoms with Gasteiger partial charge in [-0.25, -0.2) is 8.42 Å². The molecule has 31 heavy (non-hydrogen) atoms. The average molecular weight is 464 g/mol. The van der Waals surface area contributed by atoms with Gasteiger partial charge in [0, 0.05) is 50.4 Å². The quantitative estimate of drug-likeness (QED) is 0.622. The molecule has 6 nitrogen and oxygen atoms in total. The fourth-order valence-corrected chi connectivity index (χ4v) is 5.63. The van der Waals surface area contributed by atoms with Crippen LogP contribution in [-0.4, -0.2) is 51.9 Å². The van der Waals surface area contributed by atoms with Gasteiger partial charge in [-0.05, 0) is 41.8 Å². The van der Waals surface area contributed by atoms with Gasteiger partial charge in [-0.3, -0.25) is 9.10 Å². The molecule has 0 atom stereocenters. The molecule has 2 aromatic rings. The van der Waals surface area contributed by atoms with Crippen molar-refractivity contribution >= 4 is 38.9 Å². The summed E-state index contributed by atoms with van der Waals surface area (Å²) in [6.07, 6.45) is 0. The van der Waals surface area contributed by atoms with E-state index >= 15 is 0 Å². The number of carbonyl (C=O) groups excluding carboxylic acids is 1. The van der Waals surface area contributed by atoms with Crippen LogP contribution in [0.15, 0.2) is 48.5 Å². The van der Waals surface area contributed by atoms with Crippen LogP contribution >= 0.6 is 11.6 Å². The Morgan fingerprint density at radius 1 is 1.06 bits per heavy atom. The third-order valence-corrected chi connectivity index (χ3v) is 7.30. The molecule has 0 radical (unpaired) electrons. The van der Waals surface area contributed by atoms with Crippen molar-refractivity contribution < 1.29 is 13.2 Å². The Labute approximate surface area is 190 Å². The number of nitrogens with zero attached hydrogens (tertiary/aromatic N) is 3. The number of sulfonamides is 1. The Kier molecular flexibility index (Phi) is 7.49. The van der Waals surface area contributed by atoms with Gasteiger partial charge in [-0.15, -0.1) is 0 Å². The van der Waals surface area contributed by atoms with Crippen LogP contribution in [0.1, 0.15) is 26.3 Å². The minimum absolute atomic E-state index is 0.0787. The molecule has 2 aromatic carbocycles. The molecule has 1 aliphatic heterocycles. The molecule has 1 saturated heterocycles. The van der Waals surface area contributed by atoms with Crippen LogP contribution in [-0.2, 0) is 20.6 Å². The van der Waals surface area contributed by atoms with E-state index in [2.05, 4.69) is 4.90 Å². The highest BCUT2D eigenvalue weighted by molar-refractivity contribution is 7.92. The first-order chi connectivity index (χ1) is 14.7. The van der Waals surface area contributed by atoms with Crippen molar-refractivity contribution in [3.63, 3.8) is 0 Å². The highest BCUT2D eigenvalue weighted by Crippen LogP contribution is 2.26. The lowest BCUT2D eigenvalue weighted by atomic mass is 10.2. The molecule has 1 fully saturated rings. The number of halogens is 1. The molecule has 1 heterocycles. The summed E-state index contributed by atoms with van der Waals surface area (Å²) in [7, 11) is -3.58. The maximum Gasteiger partial charge on any atom is 0.239 e. The molecule has 0 N–H and O–H groups in total. The third-order valence-electron chi connectivity index (χ3n) is 5.34. The van der Waals surface area contributed by atoms with Crippen LogP contribution < -0.4 is 9.21 Å². The van der Waals surface area contributed by atoms with Gasteiger partial charge in [-0.1, -0.05) is 43.6 Å². The van der Waals surface area contributed by atoms with Crippen molar-refractivity contribution in [2.24, 2.45) is 5.92 Å². The normalized spacial score (nSPS) is 14.7. The number of benzene rings is 2. The van der Waals surface area contributed by atoms with Crippen molar-refractivity contribution in [2.45, 2.75) is 26.5 Å². The van der Waals surface area contributed by atoms with E-state index in [9.17, 15) is 13.2 Å². The predicted octanol–water partition coefficient (Wildman–Crippen LogP) is 4.00. The standard InChI is InChI=1S/C23H30ClN3O3S/c1-18(2)16-27(23-6-4-5-21(24)15-23)31(29,30)17-20-7-9-22(10-8-20)26-13-11-25(12-14-26)19(3)28/h4-10,15,18H,11-14,16-17H2,1-3H3. The van der Waals surface area contributed by atoms with Gasteiger partial charge in [0.25, 0.3) is 0 Å². The van der Waals surface area contributed by atoms with Crippen molar-refractivity contribution in [1.82, 2.24) is 4.90 Å². The minimum atomic E-state index is -3.58. The Morgan fingerprint density at radius 2 is 1.71 bits per heavy atom. The van der Waals surface area contributed by atoms with E-state index in [1.54, 1.807) is 31.2 Å². The Morgan fingerprint density at radius 3 is 2.26 bits per heavy atom. The molecule has 0 spiro atoms. The molecule has 168 valence electrons. The Bertz CT molecular complexity index is 1000. The lowest BCUT2D eigenvalue weighted by molar-refractivity contribution is -0.129. The first-order valence-corrected chi connectivity index (χ1v) is 12.5. The molecule has 0 aromatic heterocycles. The van der Waals surface area contributed by atoms with Gasteiger partial charge in [0.2, 0.25) is 15.9 Å². The summed E-state index contributed by atoms with van der Waals surface area (Å²) in [5.41, 5.74) is 2.36. The monoisotopic (exact) mass is 463 g/mol. The van der Waals surface area contributed by atoms with Crippen molar-refractivity contribution in [2.75, 3.05) is 41.9 Å². The zero-order valence-corrected chi connectivity index (χ0v) is 19.9. The van der Waals surface area contributed by atoms with Gasteiger partial charge in [0.05, 0.1) is 11.4 Å². The van der Waals surface area contributed by atoms with E-state index in [0.29, 0.717) is 30.3 Å². The highest BCUT2D eigenvalue weighted by atomic mass is 35.5. The maximum atomic E-state index is 13.3. The number of amides is 1. The second-order valence-corrected chi connectivity index (χ2v) is 10.7. The van der Waals surface area contributed by atoms with E-state index in [0.717, 1.165) is 24.3 Å². The largest absolute Gasteiger partial charge is 0.368 e. The average Bonchev–Trinajstić information content (AvgIpc) is 2.72. The maximum absolute atomic E-state index is 13.3. The van der Waals surface area contributed by atoms with Gasteiger partial charge < -0.3 is 9.80 Å². The highest BCUT2D eigenvalue weighted by Gasteiger charge is 2.25. The molecular formula is C23H30ClN3O3S. The number of hydrogen-bond acceptors (Lipinski definition) is 4. The SMILES string of the molecule is CC(=O)N1CCN(c2ccc(CS(=O)(=O)N(CC(C)C)c3cccc(Cl)c3)cc2)CC1. The fraction of sp³-hybridized carbons (Fsp3) is 0.435. The minimum Gasteiger partial charge on any atom is -0.368 e. The molecule has 1 aliphatic rings. The van der Waals surface area contributed by atoms with E-state index in [1.165, 1.54) is 4.31 Å². The van der Waals surface area contributed by atoms with Crippen LogP contribution in [0.25, 0.3) is 0 Å². The Balaban J connectivity index is 1.73. The number of piperazine rings is 1. The van der Waals surface area contributed by atoms with Gasteiger partial charge in [0.15, 0.2) is 0 Å². The smallest absolute Gasteiger partial charge is 0.239 e. The molecule has 3 rings (SSSR count). The second kappa shape index (κ2) is 9.92. The van der Waals surface area contributed by atoms with E-state index in [4.69, 9.17) is 11.6 Å². The third kappa shape index (κ3) is 6.14. The fourth-order valence-electron chi connectivity index (χ4n) is 3.71. The van der Waals surface area contributed by atoms with Crippen molar-refractivity contribution in [3.8, 4) is 0 Å². The first kappa shape index (κ1) is 23.4. The predicted molar refractivity (Wildman–Crippen MR) is 127 cm³/mol. The van der Waals surface area contributed by atoms with Crippen LogP contribution in [0.2, 0.25) is 5.02 Å². The summed E-state index contributed by atoms with van der Waals surface area (Å²) in [6.45, 7) is 8.92. The lowest BCUT2D eigenvalue weighted by Crippen LogP contribution is -2.48. The molecule has 0 aliphatic carbocycles. The molecule has 0 unspecified atom stereocenters. The number of hydrogen-bond donors (Lipinski definition) is 0. The van der Waals surface area contributed by atoms with E-state index in [1.807, 2.05) is 43.0 Å². The van der Waals surface area contributed by atoms with Crippen LogP contribution in [0.4, 0.5) is 11.4 Å². The first-order valence-electron chi connectivity index (χ1n) is 10.5. The van der Waals surface area contributed by atoms with E-state index in [-0.39, 0.29) is 17.6 Å². The molecule has 0 bridgehead atoms. The zero-order valence-electron chi connectivity index (χ0n) is 18.3. The topological polar surface area (TPSA) is 60.9 Å². The van der Waals surface area contributed by atoms with Gasteiger partial charge >= 0.3 is 0 Å². The molecule has 8 heteroatoms.